The lowest BCUT2D eigenvalue weighted by atomic mass is 9.98. The number of aromatic nitrogens is 1. The minimum absolute atomic E-state index is 0.228. The predicted octanol–water partition coefficient (Wildman–Crippen LogP) is 8.72. The summed E-state index contributed by atoms with van der Waals surface area (Å²) in [5, 5.41) is 5.74. The number of hydrogen-bond acceptors (Lipinski definition) is 4. The molecule has 2 aromatic heterocycles. The molecule has 0 saturated carbocycles. The van der Waals surface area contributed by atoms with E-state index in [1.54, 1.807) is 18.3 Å². The van der Waals surface area contributed by atoms with Crippen LogP contribution in [0.15, 0.2) is 77.3 Å². The highest BCUT2D eigenvalue weighted by Gasteiger charge is 2.42. The molecule has 0 spiro atoms. The van der Waals surface area contributed by atoms with Crippen molar-refractivity contribution < 1.29 is 4.42 Å². The lowest BCUT2D eigenvalue weighted by molar-refractivity contribution is 0.438. The fourth-order valence-corrected chi connectivity index (χ4v) is 6.33. The average molecular weight is 598 g/mol. The van der Waals surface area contributed by atoms with E-state index >= 15 is 0 Å². The summed E-state index contributed by atoms with van der Waals surface area (Å²) >= 11 is 25.2. The normalized spacial score (nSPS) is 19.9. The number of anilines is 2. The first-order valence-electron chi connectivity index (χ1n) is 13.0. The van der Waals surface area contributed by atoms with Gasteiger partial charge in [-0.05, 0) is 91.6 Å². The molecule has 6 rings (SSSR count). The molecule has 0 radical (unpaired) electrons. The van der Waals surface area contributed by atoms with Gasteiger partial charge in [0.05, 0.1) is 32.5 Å². The Hall–Kier alpha value is -2.77. The Kier molecular flexibility index (Phi) is 7.47. The van der Waals surface area contributed by atoms with Crippen molar-refractivity contribution in [2.75, 3.05) is 22.9 Å². The van der Waals surface area contributed by atoms with Gasteiger partial charge >= 0.3 is 0 Å². The number of nitrogens with zero attached hydrogens (tertiary/aromatic N) is 3. The summed E-state index contributed by atoms with van der Waals surface area (Å²) in [6, 6.07) is 20.9. The van der Waals surface area contributed by atoms with Gasteiger partial charge in [0.1, 0.15) is 17.6 Å². The molecule has 2 aliphatic heterocycles. The molecule has 2 atom stereocenters. The standard InChI is InChI=1S/C30H27Cl3N4OS/c1-18-11-14-36(15-12-18)25-8-6-20(17-23(25)33)37-29(28(35-30(37)39)24-4-2-3-13-34-24)27-10-9-26(38-27)19-5-7-21(31)22(32)16-19/h2-10,13,16-18,28-29H,11-12,14-15H2,1H3,(H,35,39)/t28-,29+/m1/s1. The number of hydrogen-bond donors (Lipinski definition) is 1. The van der Waals surface area contributed by atoms with E-state index in [4.69, 9.17) is 51.4 Å². The molecular formula is C30H27Cl3N4OS. The average Bonchev–Trinajstić information content (AvgIpc) is 3.56. The zero-order valence-corrected chi connectivity index (χ0v) is 24.4. The van der Waals surface area contributed by atoms with Gasteiger partial charge in [-0.15, -0.1) is 0 Å². The first-order chi connectivity index (χ1) is 18.9. The summed E-state index contributed by atoms with van der Waals surface area (Å²) in [5.41, 5.74) is 3.66. The minimum atomic E-state index is -0.290. The van der Waals surface area contributed by atoms with Crippen LogP contribution in [0.25, 0.3) is 11.3 Å². The molecule has 0 amide bonds. The van der Waals surface area contributed by atoms with Crippen LogP contribution in [0.5, 0.6) is 0 Å². The molecule has 0 unspecified atom stereocenters. The first kappa shape index (κ1) is 26.5. The number of pyridine rings is 1. The van der Waals surface area contributed by atoms with Crippen LogP contribution in [-0.4, -0.2) is 23.2 Å². The Labute approximate surface area is 248 Å². The third-order valence-electron chi connectivity index (χ3n) is 7.55. The molecule has 1 N–H and O–H groups in total. The topological polar surface area (TPSA) is 44.5 Å². The molecule has 0 bridgehead atoms. The number of furan rings is 1. The van der Waals surface area contributed by atoms with Crippen LogP contribution in [0.2, 0.25) is 15.1 Å². The van der Waals surface area contributed by atoms with Crippen LogP contribution < -0.4 is 15.1 Å². The highest BCUT2D eigenvalue weighted by molar-refractivity contribution is 7.80. The lowest BCUT2D eigenvalue weighted by Gasteiger charge is -2.33. The van der Waals surface area contributed by atoms with E-state index in [2.05, 4.69) is 39.2 Å². The number of rotatable bonds is 5. The maximum atomic E-state index is 6.89. The summed E-state index contributed by atoms with van der Waals surface area (Å²) in [7, 11) is 0. The van der Waals surface area contributed by atoms with Crippen molar-refractivity contribution >= 4 is 63.5 Å². The second kappa shape index (κ2) is 11.0. The number of halogens is 3. The highest BCUT2D eigenvalue weighted by atomic mass is 35.5. The number of nitrogens with one attached hydrogen (secondary N) is 1. The molecular weight excluding hydrogens is 571 g/mol. The van der Waals surface area contributed by atoms with Gasteiger partial charge in [0.25, 0.3) is 0 Å². The van der Waals surface area contributed by atoms with Gasteiger partial charge in [0.2, 0.25) is 0 Å². The van der Waals surface area contributed by atoms with Gasteiger partial charge in [0, 0.05) is 30.5 Å². The third-order valence-corrected chi connectivity index (χ3v) is 8.91. The highest BCUT2D eigenvalue weighted by Crippen LogP contribution is 2.44. The van der Waals surface area contributed by atoms with Crippen LogP contribution >= 0.6 is 47.0 Å². The van der Waals surface area contributed by atoms with Crippen LogP contribution in [0, 0.1) is 5.92 Å². The molecule has 5 nitrogen and oxygen atoms in total. The van der Waals surface area contributed by atoms with Crippen molar-refractivity contribution in [2.24, 2.45) is 5.92 Å². The van der Waals surface area contributed by atoms with E-state index in [-0.39, 0.29) is 12.1 Å². The van der Waals surface area contributed by atoms with Crippen LogP contribution in [0.4, 0.5) is 11.4 Å². The van der Waals surface area contributed by atoms with Crippen LogP contribution in [0.3, 0.4) is 0 Å². The third kappa shape index (κ3) is 5.23. The molecule has 2 fully saturated rings. The Morgan fingerprint density at radius 3 is 2.46 bits per heavy atom. The fraction of sp³-hybridized carbons (Fsp3) is 0.267. The van der Waals surface area contributed by atoms with Crippen molar-refractivity contribution in [1.29, 1.82) is 0 Å². The van der Waals surface area contributed by atoms with Gasteiger partial charge in [-0.1, -0.05) is 47.8 Å². The predicted molar refractivity (Wildman–Crippen MR) is 164 cm³/mol. The first-order valence-corrected chi connectivity index (χ1v) is 14.5. The zero-order chi connectivity index (χ0) is 27.1. The molecule has 4 aromatic rings. The molecule has 2 aromatic carbocycles. The van der Waals surface area contributed by atoms with Gasteiger partial charge < -0.3 is 19.5 Å². The van der Waals surface area contributed by atoms with E-state index in [1.165, 1.54) is 12.8 Å². The molecule has 2 saturated heterocycles. The SMILES string of the molecule is CC1CCN(c2ccc(N3C(=S)N[C@H](c4ccccn4)[C@@H]3c3ccc(-c4ccc(Cl)c(Cl)c4)o3)cc2Cl)CC1. The zero-order valence-electron chi connectivity index (χ0n) is 21.3. The summed E-state index contributed by atoms with van der Waals surface area (Å²) in [5.74, 6) is 2.18. The largest absolute Gasteiger partial charge is 0.459 e. The van der Waals surface area contributed by atoms with Crippen molar-refractivity contribution in [1.82, 2.24) is 10.3 Å². The van der Waals surface area contributed by atoms with Crippen LogP contribution in [-0.2, 0) is 0 Å². The Bertz CT molecular complexity index is 1500. The second-order valence-electron chi connectivity index (χ2n) is 10.1. The van der Waals surface area contributed by atoms with E-state index in [0.29, 0.717) is 25.9 Å². The van der Waals surface area contributed by atoms with Gasteiger partial charge in [-0.3, -0.25) is 4.98 Å². The van der Waals surface area contributed by atoms with Crippen molar-refractivity contribution in [2.45, 2.75) is 31.8 Å². The second-order valence-corrected chi connectivity index (χ2v) is 11.7. The van der Waals surface area contributed by atoms with Crippen LogP contribution in [0.1, 0.15) is 43.3 Å². The smallest absolute Gasteiger partial charge is 0.174 e. The molecule has 200 valence electrons. The minimum Gasteiger partial charge on any atom is -0.459 e. The summed E-state index contributed by atoms with van der Waals surface area (Å²) < 4.78 is 6.45. The maximum Gasteiger partial charge on any atom is 0.174 e. The molecule has 4 heterocycles. The quantitative estimate of drug-likeness (QED) is 0.232. The van der Waals surface area contributed by atoms with E-state index < -0.39 is 0 Å². The van der Waals surface area contributed by atoms with Gasteiger partial charge in [-0.2, -0.15) is 0 Å². The summed E-state index contributed by atoms with van der Waals surface area (Å²) in [6.45, 7) is 4.33. The van der Waals surface area contributed by atoms with E-state index in [1.807, 2.05) is 42.5 Å². The molecule has 9 heteroatoms. The van der Waals surface area contributed by atoms with Gasteiger partial charge in [0.15, 0.2) is 5.11 Å². The number of piperidine rings is 1. The van der Waals surface area contributed by atoms with Crippen molar-refractivity contribution in [3.63, 3.8) is 0 Å². The fourth-order valence-electron chi connectivity index (χ4n) is 5.39. The number of thiocarbonyl (C=S) groups is 1. The molecule has 39 heavy (non-hydrogen) atoms. The van der Waals surface area contributed by atoms with Gasteiger partial charge in [-0.25, -0.2) is 0 Å². The molecule has 0 aliphatic carbocycles. The monoisotopic (exact) mass is 596 g/mol. The Morgan fingerprint density at radius 1 is 0.923 bits per heavy atom. The van der Waals surface area contributed by atoms with Crippen molar-refractivity contribution in [3.8, 4) is 11.3 Å². The maximum absolute atomic E-state index is 6.89. The molecule has 2 aliphatic rings. The van der Waals surface area contributed by atoms with E-state index in [9.17, 15) is 0 Å². The Morgan fingerprint density at radius 2 is 1.74 bits per heavy atom. The van der Waals surface area contributed by atoms with E-state index in [0.717, 1.165) is 47.4 Å². The Balaban J connectivity index is 1.38. The lowest BCUT2D eigenvalue weighted by Crippen LogP contribution is -2.33. The number of benzene rings is 2. The van der Waals surface area contributed by atoms with Crippen molar-refractivity contribution in [3.05, 3.63) is 99.4 Å². The summed E-state index contributed by atoms with van der Waals surface area (Å²) in [4.78, 5) is 9.07. The summed E-state index contributed by atoms with van der Waals surface area (Å²) in [6.07, 6.45) is 4.13.